The van der Waals surface area contributed by atoms with Crippen molar-refractivity contribution in [2.75, 3.05) is 39.6 Å². The number of unbranched alkanes of at least 4 members (excludes halogenated alkanes) is 49. The molecule has 0 spiro atoms. The number of rotatable bonds is 80. The summed E-state index contributed by atoms with van der Waals surface area (Å²) in [5.74, 6) is -0.688. The van der Waals surface area contributed by atoms with Gasteiger partial charge in [0.1, 0.15) is 19.3 Å². The quantitative estimate of drug-likeness (QED) is 0.0222. The van der Waals surface area contributed by atoms with Gasteiger partial charge >= 0.3 is 39.5 Å². The summed E-state index contributed by atoms with van der Waals surface area (Å²) in [6.45, 7) is 9.52. The molecule has 0 radical (unpaired) electrons. The molecule has 0 fully saturated rings. The topological polar surface area (TPSA) is 237 Å². The van der Waals surface area contributed by atoms with Crippen LogP contribution in [0.2, 0.25) is 0 Å². The highest BCUT2D eigenvalue weighted by molar-refractivity contribution is 7.47. The predicted octanol–water partition coefficient (Wildman–Crippen LogP) is 24.3. The molecule has 0 aromatic heterocycles. The number of aliphatic hydroxyl groups is 1. The highest BCUT2D eigenvalue weighted by Gasteiger charge is 2.30. The third-order valence-electron chi connectivity index (χ3n) is 19.3. The number of phosphoric acid groups is 2. The molecular weight excluding hydrogens is 1310 g/mol. The van der Waals surface area contributed by atoms with E-state index in [1.807, 2.05) is 0 Å². The Labute approximate surface area is 613 Å². The molecule has 3 N–H and O–H groups in total. The summed E-state index contributed by atoms with van der Waals surface area (Å²) < 4.78 is 68.6. The molecule has 17 nitrogen and oxygen atoms in total. The van der Waals surface area contributed by atoms with Gasteiger partial charge in [-0.15, -0.1) is 0 Å². The maximum atomic E-state index is 13.1. The minimum Gasteiger partial charge on any atom is -0.462 e. The van der Waals surface area contributed by atoms with Crippen molar-refractivity contribution >= 4 is 39.5 Å². The lowest BCUT2D eigenvalue weighted by Gasteiger charge is -2.21. The maximum absolute atomic E-state index is 13.1. The van der Waals surface area contributed by atoms with Gasteiger partial charge in [-0.25, -0.2) is 9.13 Å². The Bertz CT molecular complexity index is 1930. The first-order valence-corrected chi connectivity index (χ1v) is 45.0. The van der Waals surface area contributed by atoms with Crippen molar-refractivity contribution in [3.05, 3.63) is 0 Å². The van der Waals surface area contributed by atoms with E-state index in [1.54, 1.807) is 0 Å². The number of esters is 4. The molecule has 0 aromatic rings. The van der Waals surface area contributed by atoms with Crippen LogP contribution in [0.5, 0.6) is 0 Å². The minimum absolute atomic E-state index is 0.103. The van der Waals surface area contributed by atoms with Crippen molar-refractivity contribution in [1.29, 1.82) is 0 Å². The summed E-state index contributed by atoms with van der Waals surface area (Å²) in [5, 5.41) is 10.6. The first-order chi connectivity index (χ1) is 48.4. The minimum atomic E-state index is -4.96. The molecule has 0 bridgehead atoms. The van der Waals surface area contributed by atoms with Gasteiger partial charge in [0.2, 0.25) is 0 Å². The monoisotopic (exact) mass is 1470 g/mol. The third-order valence-corrected chi connectivity index (χ3v) is 21.2. The molecule has 0 saturated heterocycles. The number of carbonyl (C=O) groups excluding carboxylic acids is 4. The van der Waals surface area contributed by atoms with Crippen LogP contribution in [0.25, 0.3) is 0 Å². The summed E-state index contributed by atoms with van der Waals surface area (Å²) >= 11 is 0. The zero-order valence-electron chi connectivity index (χ0n) is 65.5. The van der Waals surface area contributed by atoms with Gasteiger partial charge in [0.15, 0.2) is 12.2 Å². The van der Waals surface area contributed by atoms with E-state index in [1.165, 1.54) is 238 Å². The standard InChI is InChI=1S/C81H158O17P2/c1-7-10-12-14-16-18-20-22-24-26-28-30-32-34-36-38-40-44-51-57-63-78(83)91-69-76(97-80(85)65-59-53-45-41-39-37-35-33-31-29-27-25-23-21-19-17-15-13-11-8-2)71-95-99(87,88)93-67-75(82)68-94-100(89,90)96-72-77(98-81(86)66-60-54-46-42-43-49-55-61-73(4)5)70-92-79(84)64-58-52-48-47-50-56-62-74(6)9-3/h73-77,82H,7-72H2,1-6H3,(H,87,88)(H,89,90)/t74?,75-,76-,77-/m1/s1. The smallest absolute Gasteiger partial charge is 0.462 e. The van der Waals surface area contributed by atoms with E-state index in [0.717, 1.165) is 102 Å². The predicted molar refractivity (Wildman–Crippen MR) is 409 cm³/mol. The highest BCUT2D eigenvalue weighted by Crippen LogP contribution is 2.45. The van der Waals surface area contributed by atoms with Gasteiger partial charge in [-0.1, -0.05) is 375 Å². The van der Waals surface area contributed by atoms with Crippen LogP contribution in [0.3, 0.4) is 0 Å². The molecule has 0 aromatic carbocycles. The lowest BCUT2D eigenvalue weighted by atomic mass is 10.00. The van der Waals surface area contributed by atoms with Gasteiger partial charge in [-0.05, 0) is 37.5 Å². The van der Waals surface area contributed by atoms with Crippen LogP contribution in [-0.4, -0.2) is 96.7 Å². The molecular formula is C81H158O17P2. The molecule has 594 valence electrons. The Morgan fingerprint density at radius 2 is 0.510 bits per heavy atom. The Morgan fingerprint density at radius 1 is 0.290 bits per heavy atom. The molecule has 0 heterocycles. The molecule has 3 unspecified atom stereocenters. The molecule has 0 aliphatic carbocycles. The third kappa shape index (κ3) is 73.0. The zero-order valence-corrected chi connectivity index (χ0v) is 67.3. The van der Waals surface area contributed by atoms with Crippen LogP contribution in [0, 0.1) is 11.8 Å². The second-order valence-electron chi connectivity index (χ2n) is 29.9. The van der Waals surface area contributed by atoms with Crippen molar-refractivity contribution in [2.24, 2.45) is 11.8 Å². The Balaban J connectivity index is 5.19. The van der Waals surface area contributed by atoms with Gasteiger partial charge in [-0.3, -0.25) is 37.3 Å². The van der Waals surface area contributed by atoms with E-state index < -0.39 is 97.5 Å². The molecule has 0 saturated carbocycles. The van der Waals surface area contributed by atoms with E-state index in [0.29, 0.717) is 31.6 Å². The molecule has 0 rings (SSSR count). The fourth-order valence-electron chi connectivity index (χ4n) is 12.5. The number of aliphatic hydroxyl groups excluding tert-OH is 1. The van der Waals surface area contributed by atoms with Gasteiger partial charge in [0.05, 0.1) is 26.4 Å². The van der Waals surface area contributed by atoms with Gasteiger partial charge < -0.3 is 33.8 Å². The number of carbonyl (C=O) groups is 4. The molecule has 0 amide bonds. The summed E-state index contributed by atoms with van der Waals surface area (Å²) in [7, 11) is -9.92. The van der Waals surface area contributed by atoms with Crippen molar-refractivity contribution in [3.8, 4) is 0 Å². The van der Waals surface area contributed by atoms with Crippen molar-refractivity contribution in [1.82, 2.24) is 0 Å². The fraction of sp³-hybridized carbons (Fsp3) is 0.951. The fourth-order valence-corrected chi connectivity index (χ4v) is 14.1. The lowest BCUT2D eigenvalue weighted by molar-refractivity contribution is -0.161. The van der Waals surface area contributed by atoms with E-state index >= 15 is 0 Å². The number of hydrogen-bond acceptors (Lipinski definition) is 15. The lowest BCUT2D eigenvalue weighted by Crippen LogP contribution is -2.30. The Kier molecular flexibility index (Phi) is 71.2. The molecule has 6 atom stereocenters. The first-order valence-electron chi connectivity index (χ1n) is 42.0. The summed E-state index contributed by atoms with van der Waals surface area (Å²) in [5.41, 5.74) is 0. The number of ether oxygens (including phenoxy) is 4. The second kappa shape index (κ2) is 72.6. The van der Waals surface area contributed by atoms with Crippen molar-refractivity contribution in [2.45, 2.75) is 445 Å². The van der Waals surface area contributed by atoms with Gasteiger partial charge in [0.25, 0.3) is 0 Å². The van der Waals surface area contributed by atoms with E-state index in [4.69, 9.17) is 37.0 Å². The van der Waals surface area contributed by atoms with E-state index in [2.05, 4.69) is 41.5 Å². The second-order valence-corrected chi connectivity index (χ2v) is 32.8. The largest absolute Gasteiger partial charge is 0.472 e. The van der Waals surface area contributed by atoms with Crippen LogP contribution in [-0.2, 0) is 65.4 Å². The number of phosphoric ester groups is 2. The van der Waals surface area contributed by atoms with Crippen LogP contribution >= 0.6 is 15.6 Å². The van der Waals surface area contributed by atoms with Gasteiger partial charge in [-0.2, -0.15) is 0 Å². The summed E-state index contributed by atoms with van der Waals surface area (Å²) in [6.07, 6.45) is 62.9. The van der Waals surface area contributed by atoms with Crippen LogP contribution in [0.15, 0.2) is 0 Å². The summed E-state index contributed by atoms with van der Waals surface area (Å²) in [4.78, 5) is 72.9. The normalized spacial score (nSPS) is 14.2. The molecule has 0 aliphatic heterocycles. The maximum Gasteiger partial charge on any atom is 0.472 e. The van der Waals surface area contributed by atoms with E-state index in [-0.39, 0.29) is 25.7 Å². The van der Waals surface area contributed by atoms with Crippen LogP contribution in [0.4, 0.5) is 0 Å². The zero-order chi connectivity index (χ0) is 73.5. The first kappa shape index (κ1) is 98.1. The molecule has 100 heavy (non-hydrogen) atoms. The van der Waals surface area contributed by atoms with Crippen LogP contribution in [0.1, 0.15) is 427 Å². The molecule has 19 heteroatoms. The van der Waals surface area contributed by atoms with Crippen molar-refractivity contribution < 1.29 is 80.2 Å². The van der Waals surface area contributed by atoms with E-state index in [9.17, 15) is 43.2 Å². The highest BCUT2D eigenvalue weighted by atomic mass is 31.2. The average Bonchev–Trinajstić information content (AvgIpc) is 0.950. The molecule has 0 aliphatic rings. The Morgan fingerprint density at radius 3 is 0.760 bits per heavy atom. The Hall–Kier alpha value is -1.94. The van der Waals surface area contributed by atoms with Crippen LogP contribution < -0.4 is 0 Å². The summed E-state index contributed by atoms with van der Waals surface area (Å²) in [6, 6.07) is 0. The van der Waals surface area contributed by atoms with Crippen molar-refractivity contribution in [3.63, 3.8) is 0 Å². The average molecular weight is 1470 g/mol. The van der Waals surface area contributed by atoms with Gasteiger partial charge in [0, 0.05) is 25.7 Å². The SMILES string of the molecule is CCCCCCCCCCCCCCCCCCCCCCC(=O)OC[C@H](COP(=O)(O)OC[C@@H](O)COP(=O)(O)OC[C@@H](COC(=O)CCCCCCCCC(C)CC)OC(=O)CCCCCCCCCC(C)C)OC(=O)CCCCCCCCCCCCCCCCCCCCCC. The number of hydrogen-bond donors (Lipinski definition) is 3.